The lowest BCUT2D eigenvalue weighted by molar-refractivity contribution is -0.129. The molecular weight excluding hydrogens is 368 g/mol. The fourth-order valence-corrected chi connectivity index (χ4v) is 4.32. The molecule has 0 aliphatic carbocycles. The first-order valence-corrected chi connectivity index (χ1v) is 9.75. The zero-order chi connectivity index (χ0) is 20.0. The third kappa shape index (κ3) is 3.30. The van der Waals surface area contributed by atoms with Crippen LogP contribution in [0, 0.1) is 5.41 Å². The fourth-order valence-electron chi connectivity index (χ4n) is 2.64. The summed E-state index contributed by atoms with van der Waals surface area (Å²) in [4.78, 5) is 36.4. The number of carbonyl (C=O) groups excluding carboxylic acids is 3. The van der Waals surface area contributed by atoms with Crippen molar-refractivity contribution in [2.75, 3.05) is 6.61 Å². The van der Waals surface area contributed by atoms with Gasteiger partial charge in [0.2, 0.25) is 9.84 Å². The largest absolute Gasteiger partial charge is 0.454 e. The first-order valence-electron chi connectivity index (χ1n) is 8.27. The number of ether oxygens (including phenoxy) is 1. The number of fused-ring (bicyclic) bond motifs is 2. The van der Waals surface area contributed by atoms with E-state index in [1.165, 1.54) is 30.3 Å². The Labute approximate surface area is 157 Å². The topological polar surface area (TPSA) is 94.6 Å². The lowest BCUT2D eigenvalue weighted by Crippen LogP contribution is -2.26. The van der Waals surface area contributed by atoms with Crippen LogP contribution in [0.25, 0.3) is 0 Å². The molecule has 140 valence electrons. The van der Waals surface area contributed by atoms with Crippen molar-refractivity contribution in [1.29, 1.82) is 0 Å². The van der Waals surface area contributed by atoms with E-state index in [0.29, 0.717) is 0 Å². The quantitative estimate of drug-likeness (QED) is 0.643. The summed E-state index contributed by atoms with van der Waals surface area (Å²) in [5.41, 5.74) is -0.575. The Morgan fingerprint density at radius 1 is 0.963 bits per heavy atom. The highest BCUT2D eigenvalue weighted by molar-refractivity contribution is 7.91. The van der Waals surface area contributed by atoms with Crippen molar-refractivity contribution in [3.8, 4) is 0 Å². The molecule has 0 fully saturated rings. The highest BCUT2D eigenvalue weighted by Crippen LogP contribution is 2.34. The SMILES string of the molecule is CC(C)(C)C(=O)COC(=O)c1ccc2c(c1)S(=O)(=O)c1ccccc1C2=O. The van der Waals surface area contributed by atoms with Gasteiger partial charge in [-0.15, -0.1) is 0 Å². The third-order valence-electron chi connectivity index (χ3n) is 4.34. The summed E-state index contributed by atoms with van der Waals surface area (Å²) >= 11 is 0. The van der Waals surface area contributed by atoms with Crippen molar-refractivity contribution < 1.29 is 27.5 Å². The molecule has 0 amide bonds. The van der Waals surface area contributed by atoms with Crippen LogP contribution in [-0.4, -0.2) is 32.6 Å². The minimum absolute atomic E-state index is 0.0102. The van der Waals surface area contributed by atoms with Gasteiger partial charge in [0.1, 0.15) is 0 Å². The number of carbonyl (C=O) groups is 3. The van der Waals surface area contributed by atoms with E-state index >= 15 is 0 Å². The number of rotatable bonds is 3. The van der Waals surface area contributed by atoms with Crippen LogP contribution in [0.3, 0.4) is 0 Å². The van der Waals surface area contributed by atoms with Gasteiger partial charge in [-0.3, -0.25) is 9.59 Å². The lowest BCUT2D eigenvalue weighted by atomic mass is 9.91. The molecule has 0 N–H and O–H groups in total. The Hall–Kier alpha value is -2.80. The monoisotopic (exact) mass is 386 g/mol. The van der Waals surface area contributed by atoms with E-state index in [2.05, 4.69) is 0 Å². The molecule has 6 nitrogen and oxygen atoms in total. The van der Waals surface area contributed by atoms with Gasteiger partial charge in [0.25, 0.3) is 0 Å². The summed E-state index contributed by atoms with van der Waals surface area (Å²) in [5, 5.41) is 0. The van der Waals surface area contributed by atoms with E-state index in [1.54, 1.807) is 26.8 Å². The summed E-state index contributed by atoms with van der Waals surface area (Å²) < 4.78 is 30.7. The zero-order valence-electron chi connectivity index (χ0n) is 15.1. The van der Waals surface area contributed by atoms with Gasteiger partial charge in [0.15, 0.2) is 18.2 Å². The Morgan fingerprint density at radius 3 is 2.26 bits per heavy atom. The van der Waals surface area contributed by atoms with Crippen LogP contribution < -0.4 is 0 Å². The molecule has 2 aromatic carbocycles. The molecule has 0 unspecified atom stereocenters. The van der Waals surface area contributed by atoms with Crippen LogP contribution in [-0.2, 0) is 19.4 Å². The lowest BCUT2D eigenvalue weighted by Gasteiger charge is -2.19. The zero-order valence-corrected chi connectivity index (χ0v) is 15.9. The average molecular weight is 386 g/mol. The molecule has 0 spiro atoms. The molecule has 0 saturated carbocycles. The predicted molar refractivity (Wildman–Crippen MR) is 96.5 cm³/mol. The van der Waals surface area contributed by atoms with Gasteiger partial charge in [-0.2, -0.15) is 0 Å². The fraction of sp³-hybridized carbons (Fsp3) is 0.250. The van der Waals surface area contributed by atoms with Crippen LogP contribution in [0.15, 0.2) is 52.3 Å². The molecule has 3 rings (SSSR count). The van der Waals surface area contributed by atoms with E-state index in [4.69, 9.17) is 4.74 Å². The molecule has 1 aliphatic heterocycles. The second-order valence-electron chi connectivity index (χ2n) is 7.29. The second-order valence-corrected chi connectivity index (χ2v) is 9.18. The molecule has 27 heavy (non-hydrogen) atoms. The van der Waals surface area contributed by atoms with Gasteiger partial charge in [-0.1, -0.05) is 32.9 Å². The Kier molecular flexibility index (Phi) is 4.51. The van der Waals surface area contributed by atoms with Crippen LogP contribution in [0.1, 0.15) is 47.1 Å². The summed E-state index contributed by atoms with van der Waals surface area (Å²) in [6.45, 7) is 4.71. The number of Topliss-reactive ketones (excluding diaryl/α,β-unsaturated/α-hetero) is 1. The molecule has 0 saturated heterocycles. The van der Waals surface area contributed by atoms with Gasteiger partial charge in [-0.25, -0.2) is 13.2 Å². The summed E-state index contributed by atoms with van der Waals surface area (Å²) in [5.74, 6) is -1.50. The molecule has 1 heterocycles. The summed E-state index contributed by atoms with van der Waals surface area (Å²) in [6.07, 6.45) is 0. The average Bonchev–Trinajstić information content (AvgIpc) is 2.63. The van der Waals surface area contributed by atoms with Crippen LogP contribution >= 0.6 is 0 Å². The minimum atomic E-state index is -3.94. The van der Waals surface area contributed by atoms with Crippen molar-refractivity contribution in [1.82, 2.24) is 0 Å². The standard InChI is InChI=1S/C20H18O6S/c1-20(2,3)17(21)11-26-19(23)12-8-9-14-16(10-12)27(24,25)15-7-5-4-6-13(15)18(14)22/h4-10H,11H2,1-3H3. The van der Waals surface area contributed by atoms with Crippen molar-refractivity contribution in [3.05, 3.63) is 59.2 Å². The number of ketones is 2. The van der Waals surface area contributed by atoms with Crippen LogP contribution in [0.2, 0.25) is 0 Å². The Morgan fingerprint density at radius 2 is 1.59 bits per heavy atom. The van der Waals surface area contributed by atoms with Gasteiger partial charge < -0.3 is 4.74 Å². The van der Waals surface area contributed by atoms with Crippen molar-refractivity contribution >= 4 is 27.4 Å². The summed E-state index contributed by atoms with van der Waals surface area (Å²) in [6, 6.07) is 9.69. The normalized spacial score (nSPS) is 14.9. The maximum Gasteiger partial charge on any atom is 0.338 e. The Bertz CT molecular complexity index is 1070. The number of hydrogen-bond donors (Lipinski definition) is 0. The van der Waals surface area contributed by atoms with E-state index in [-0.39, 0.29) is 32.3 Å². The third-order valence-corrected chi connectivity index (χ3v) is 6.20. The number of esters is 1. The molecule has 0 aromatic heterocycles. The van der Waals surface area contributed by atoms with Gasteiger partial charge in [-0.05, 0) is 30.3 Å². The first-order chi connectivity index (χ1) is 12.5. The van der Waals surface area contributed by atoms with Crippen molar-refractivity contribution in [2.24, 2.45) is 5.41 Å². The maximum atomic E-state index is 12.9. The van der Waals surface area contributed by atoms with Crippen LogP contribution in [0.4, 0.5) is 0 Å². The highest BCUT2D eigenvalue weighted by atomic mass is 32.2. The van der Waals surface area contributed by atoms with Crippen molar-refractivity contribution in [3.63, 3.8) is 0 Å². The van der Waals surface area contributed by atoms with Gasteiger partial charge in [0.05, 0.1) is 15.4 Å². The van der Waals surface area contributed by atoms with Crippen LogP contribution in [0.5, 0.6) is 0 Å². The van der Waals surface area contributed by atoms with Gasteiger partial charge >= 0.3 is 5.97 Å². The molecule has 0 radical (unpaired) electrons. The molecule has 1 aliphatic rings. The van der Waals surface area contributed by atoms with E-state index in [9.17, 15) is 22.8 Å². The smallest absolute Gasteiger partial charge is 0.338 e. The summed E-state index contributed by atoms with van der Waals surface area (Å²) in [7, 11) is -3.94. The van der Waals surface area contributed by atoms with E-state index in [1.807, 2.05) is 0 Å². The molecule has 0 atom stereocenters. The molecule has 0 bridgehead atoms. The molecular formula is C20H18O6S. The maximum absolute atomic E-state index is 12.9. The first kappa shape index (κ1) is 19.0. The molecule has 7 heteroatoms. The predicted octanol–water partition coefficient (Wildman–Crippen LogP) is 2.84. The second kappa shape index (κ2) is 6.42. The highest BCUT2D eigenvalue weighted by Gasteiger charge is 2.35. The van der Waals surface area contributed by atoms with Gasteiger partial charge in [0, 0.05) is 16.5 Å². The van der Waals surface area contributed by atoms with E-state index < -0.39 is 33.6 Å². The Balaban J connectivity index is 1.96. The van der Waals surface area contributed by atoms with Crippen molar-refractivity contribution in [2.45, 2.75) is 30.6 Å². The number of sulfone groups is 1. The minimum Gasteiger partial charge on any atom is -0.454 e. The van der Waals surface area contributed by atoms with E-state index in [0.717, 1.165) is 6.07 Å². The number of hydrogen-bond acceptors (Lipinski definition) is 6. The molecule has 2 aromatic rings. The number of benzene rings is 2.